The first-order chi connectivity index (χ1) is 10.8. The Bertz CT molecular complexity index is 666. The molecule has 0 saturated heterocycles. The Morgan fingerprint density at radius 3 is 2.73 bits per heavy atom. The van der Waals surface area contributed by atoms with Crippen molar-refractivity contribution >= 4 is 23.4 Å². The number of hydrogen-bond donors (Lipinski definition) is 0. The van der Waals surface area contributed by atoms with E-state index in [1.54, 1.807) is 11.8 Å². The number of fused-ring (bicyclic) bond motifs is 1. The molecule has 1 fully saturated rings. The highest BCUT2D eigenvalue weighted by Crippen LogP contribution is 2.34. The summed E-state index contributed by atoms with van der Waals surface area (Å²) in [6, 6.07) is 8.58. The number of hydrogen-bond acceptors (Lipinski definition) is 4. The maximum absolute atomic E-state index is 6.34. The predicted molar refractivity (Wildman–Crippen MR) is 89.9 cm³/mol. The average molecular weight is 335 g/mol. The molecular weight excluding hydrogens is 316 g/mol. The molecule has 0 amide bonds. The van der Waals surface area contributed by atoms with Crippen LogP contribution in [0.2, 0.25) is 5.02 Å². The molecule has 1 aromatic heterocycles. The normalized spacial score (nSPS) is 20.0. The molecule has 4 nitrogen and oxygen atoms in total. The van der Waals surface area contributed by atoms with Crippen LogP contribution < -0.4 is 0 Å². The molecule has 0 radical (unpaired) electrons. The van der Waals surface area contributed by atoms with E-state index < -0.39 is 0 Å². The van der Waals surface area contributed by atoms with Crippen molar-refractivity contribution in [2.75, 3.05) is 5.88 Å². The molecule has 1 aromatic carbocycles. The summed E-state index contributed by atoms with van der Waals surface area (Å²) in [4.78, 5) is 2.57. The molecule has 0 spiro atoms. The van der Waals surface area contributed by atoms with Gasteiger partial charge in [-0.25, -0.2) is 0 Å². The molecule has 1 saturated carbocycles. The van der Waals surface area contributed by atoms with Crippen LogP contribution in [0.5, 0.6) is 0 Å². The van der Waals surface area contributed by atoms with E-state index in [9.17, 15) is 0 Å². The minimum absolute atomic E-state index is 0.705. The van der Waals surface area contributed by atoms with Gasteiger partial charge in [0.05, 0.1) is 17.6 Å². The minimum Gasteiger partial charge on any atom is -0.288 e. The van der Waals surface area contributed by atoms with E-state index in [-0.39, 0.29) is 0 Å². The van der Waals surface area contributed by atoms with Crippen LogP contribution in [-0.4, -0.2) is 31.6 Å². The van der Waals surface area contributed by atoms with Crippen molar-refractivity contribution in [1.29, 1.82) is 0 Å². The van der Waals surface area contributed by atoms with Gasteiger partial charge in [-0.05, 0) is 25.0 Å². The molecule has 1 aliphatic carbocycles. The molecule has 0 atom stereocenters. The maximum atomic E-state index is 6.34. The molecule has 1 aliphatic heterocycles. The third-order valence-electron chi connectivity index (χ3n) is 4.61. The lowest BCUT2D eigenvalue weighted by Crippen LogP contribution is -2.40. The van der Waals surface area contributed by atoms with Crippen molar-refractivity contribution in [1.82, 2.24) is 19.7 Å². The van der Waals surface area contributed by atoms with Gasteiger partial charge in [-0.1, -0.05) is 54.8 Å². The van der Waals surface area contributed by atoms with Crippen LogP contribution in [0.4, 0.5) is 0 Å². The molecule has 116 valence electrons. The molecule has 0 bridgehead atoms. The summed E-state index contributed by atoms with van der Waals surface area (Å²) in [7, 11) is 0. The topological polar surface area (TPSA) is 34.0 Å². The number of nitrogens with zero attached hydrogens (tertiary/aromatic N) is 4. The second-order valence-electron chi connectivity index (χ2n) is 6.01. The van der Waals surface area contributed by atoms with Crippen LogP contribution in [0, 0.1) is 0 Å². The second kappa shape index (κ2) is 6.22. The van der Waals surface area contributed by atoms with Gasteiger partial charge < -0.3 is 0 Å². The van der Waals surface area contributed by atoms with Gasteiger partial charge in [0.2, 0.25) is 0 Å². The van der Waals surface area contributed by atoms with Gasteiger partial charge in [0.25, 0.3) is 0 Å². The van der Waals surface area contributed by atoms with Gasteiger partial charge in [0, 0.05) is 11.6 Å². The Labute approximate surface area is 139 Å². The van der Waals surface area contributed by atoms with Crippen LogP contribution in [0.1, 0.15) is 32.1 Å². The monoisotopic (exact) mass is 334 g/mol. The smallest absolute Gasteiger partial charge is 0.193 e. The highest BCUT2D eigenvalue weighted by molar-refractivity contribution is 7.99. The van der Waals surface area contributed by atoms with E-state index in [1.165, 1.54) is 32.1 Å². The number of rotatable bonds is 2. The van der Waals surface area contributed by atoms with Crippen LogP contribution in [0.25, 0.3) is 11.4 Å². The van der Waals surface area contributed by atoms with Crippen LogP contribution >= 0.6 is 23.4 Å². The van der Waals surface area contributed by atoms with Crippen LogP contribution in [0.15, 0.2) is 29.4 Å². The third kappa shape index (κ3) is 2.66. The van der Waals surface area contributed by atoms with E-state index in [0.717, 1.165) is 34.1 Å². The fourth-order valence-electron chi connectivity index (χ4n) is 3.39. The highest BCUT2D eigenvalue weighted by Gasteiger charge is 2.28. The Kier molecular flexibility index (Phi) is 4.11. The van der Waals surface area contributed by atoms with Crippen LogP contribution in [-0.2, 0) is 6.67 Å². The lowest BCUT2D eigenvalue weighted by atomic mass is 9.95. The predicted octanol–water partition coefficient (Wildman–Crippen LogP) is 4.25. The first-order valence-corrected chi connectivity index (χ1v) is 9.24. The molecule has 2 heterocycles. The Morgan fingerprint density at radius 1 is 1.09 bits per heavy atom. The molecule has 22 heavy (non-hydrogen) atoms. The number of halogens is 1. The van der Waals surface area contributed by atoms with Gasteiger partial charge in [0.15, 0.2) is 11.0 Å². The molecule has 2 aromatic rings. The molecular formula is C16H19ClN4S. The Balaban J connectivity index is 1.63. The van der Waals surface area contributed by atoms with Crippen molar-refractivity contribution in [3.8, 4) is 11.4 Å². The Morgan fingerprint density at radius 2 is 1.91 bits per heavy atom. The first kappa shape index (κ1) is 14.5. The fourth-order valence-corrected chi connectivity index (χ4v) is 4.59. The summed E-state index contributed by atoms with van der Waals surface area (Å²) in [6.07, 6.45) is 6.75. The molecule has 6 heteroatoms. The van der Waals surface area contributed by atoms with E-state index in [0.29, 0.717) is 6.04 Å². The van der Waals surface area contributed by atoms with Gasteiger partial charge in [-0.15, -0.1) is 10.2 Å². The summed E-state index contributed by atoms with van der Waals surface area (Å²) in [5.74, 6) is 1.90. The summed E-state index contributed by atoms with van der Waals surface area (Å²) in [5, 5.41) is 10.5. The fraction of sp³-hybridized carbons (Fsp3) is 0.500. The lowest BCUT2D eigenvalue weighted by Gasteiger charge is -2.36. The van der Waals surface area contributed by atoms with E-state index in [1.807, 2.05) is 24.3 Å². The molecule has 0 N–H and O–H groups in total. The van der Waals surface area contributed by atoms with Crippen LogP contribution in [0.3, 0.4) is 0 Å². The first-order valence-electron chi connectivity index (χ1n) is 7.88. The number of aromatic nitrogens is 3. The van der Waals surface area contributed by atoms with Gasteiger partial charge in [0.1, 0.15) is 0 Å². The molecule has 2 aliphatic rings. The zero-order valence-electron chi connectivity index (χ0n) is 12.4. The van der Waals surface area contributed by atoms with Gasteiger partial charge >= 0.3 is 0 Å². The molecule has 4 rings (SSSR count). The summed E-state index contributed by atoms with van der Waals surface area (Å²) in [6.45, 7) is 0.876. The standard InChI is InChI=1S/C16H19ClN4S/c17-14-9-5-4-8-13(14)15-18-19-16-21(15)10-20(11-22-16)12-6-2-1-3-7-12/h4-5,8-9,12H,1-3,6-7,10-11H2. The second-order valence-corrected chi connectivity index (χ2v) is 7.33. The van der Waals surface area contributed by atoms with E-state index in [4.69, 9.17) is 11.6 Å². The quantitative estimate of drug-likeness (QED) is 0.822. The summed E-state index contributed by atoms with van der Waals surface area (Å²) >= 11 is 8.13. The van der Waals surface area contributed by atoms with E-state index >= 15 is 0 Å². The number of thioether (sulfide) groups is 1. The highest BCUT2D eigenvalue weighted by atomic mass is 35.5. The zero-order valence-corrected chi connectivity index (χ0v) is 14.0. The van der Waals surface area contributed by atoms with Gasteiger partial charge in [-0.3, -0.25) is 9.47 Å². The Hall–Kier alpha value is -1.04. The van der Waals surface area contributed by atoms with Gasteiger partial charge in [-0.2, -0.15) is 0 Å². The summed E-state index contributed by atoms with van der Waals surface area (Å²) in [5.41, 5.74) is 0.967. The maximum Gasteiger partial charge on any atom is 0.193 e. The number of benzene rings is 1. The van der Waals surface area contributed by atoms with Crippen molar-refractivity contribution in [3.63, 3.8) is 0 Å². The summed E-state index contributed by atoms with van der Waals surface area (Å²) < 4.78 is 2.21. The third-order valence-corrected chi connectivity index (χ3v) is 5.96. The lowest BCUT2D eigenvalue weighted by molar-refractivity contribution is 0.135. The average Bonchev–Trinajstić information content (AvgIpc) is 2.99. The zero-order chi connectivity index (χ0) is 14.9. The molecule has 0 unspecified atom stereocenters. The minimum atomic E-state index is 0.705. The van der Waals surface area contributed by atoms with Crippen molar-refractivity contribution in [3.05, 3.63) is 29.3 Å². The van der Waals surface area contributed by atoms with Crippen molar-refractivity contribution in [2.45, 2.75) is 50.0 Å². The van der Waals surface area contributed by atoms with E-state index in [2.05, 4.69) is 19.7 Å². The van der Waals surface area contributed by atoms with Crippen molar-refractivity contribution < 1.29 is 0 Å². The SMILES string of the molecule is Clc1ccccc1-c1nnc2n1CN(C1CCCCC1)CS2. The largest absolute Gasteiger partial charge is 0.288 e. The van der Waals surface area contributed by atoms with Crippen molar-refractivity contribution in [2.24, 2.45) is 0 Å².